The number of hydrogen-bond acceptors (Lipinski definition) is 5. The summed E-state index contributed by atoms with van der Waals surface area (Å²) in [6.07, 6.45) is 8.17. The Balaban J connectivity index is 1.51. The molecule has 0 unspecified atom stereocenters. The van der Waals surface area contributed by atoms with Crippen LogP contribution in [0.15, 0.2) is 16.4 Å². The van der Waals surface area contributed by atoms with Gasteiger partial charge in [-0.2, -0.15) is 0 Å². The van der Waals surface area contributed by atoms with Crippen molar-refractivity contribution in [1.82, 2.24) is 15.3 Å². The number of fused-ring (bicyclic) bond motifs is 1. The van der Waals surface area contributed by atoms with Gasteiger partial charge in [0, 0.05) is 11.4 Å². The molecule has 1 aliphatic carbocycles. The van der Waals surface area contributed by atoms with Crippen LogP contribution >= 0.6 is 23.1 Å². The quantitative estimate of drug-likeness (QED) is 0.676. The highest BCUT2D eigenvalue weighted by molar-refractivity contribution is 7.99. The van der Waals surface area contributed by atoms with Gasteiger partial charge in [-0.3, -0.25) is 9.59 Å². The van der Waals surface area contributed by atoms with E-state index in [-0.39, 0.29) is 16.7 Å². The first-order valence-electron chi connectivity index (χ1n) is 9.52. The summed E-state index contributed by atoms with van der Waals surface area (Å²) in [6, 6.07) is 0. The second-order valence-electron chi connectivity index (χ2n) is 7.08. The third-order valence-corrected chi connectivity index (χ3v) is 7.31. The van der Waals surface area contributed by atoms with Gasteiger partial charge in [0.2, 0.25) is 5.91 Å². The van der Waals surface area contributed by atoms with Crippen LogP contribution in [0.25, 0.3) is 10.2 Å². The van der Waals surface area contributed by atoms with Gasteiger partial charge in [0.25, 0.3) is 5.56 Å². The lowest BCUT2D eigenvalue weighted by Gasteiger charge is -2.15. The summed E-state index contributed by atoms with van der Waals surface area (Å²) in [5.41, 5.74) is 2.39. The number of rotatable bonds is 7. The van der Waals surface area contributed by atoms with Gasteiger partial charge in [-0.1, -0.05) is 11.6 Å². The van der Waals surface area contributed by atoms with Gasteiger partial charge in [-0.15, -0.1) is 23.1 Å². The molecule has 2 aromatic heterocycles. The Morgan fingerprint density at radius 2 is 2.22 bits per heavy atom. The minimum Gasteiger partial charge on any atom is -0.355 e. The zero-order chi connectivity index (χ0) is 19.4. The molecule has 0 spiro atoms. The molecule has 1 atom stereocenters. The third kappa shape index (κ3) is 5.02. The molecule has 2 aromatic rings. The number of thioether (sulfide) groups is 1. The minimum absolute atomic E-state index is 0.0441. The predicted molar refractivity (Wildman–Crippen MR) is 115 cm³/mol. The van der Waals surface area contributed by atoms with Gasteiger partial charge in [0.1, 0.15) is 10.7 Å². The normalized spacial score (nSPS) is 15.6. The van der Waals surface area contributed by atoms with Crippen molar-refractivity contribution in [1.29, 1.82) is 0 Å². The molecule has 7 heteroatoms. The van der Waals surface area contributed by atoms with Crippen molar-refractivity contribution < 1.29 is 4.79 Å². The summed E-state index contributed by atoms with van der Waals surface area (Å²) < 4.78 is 0. The number of nitrogens with zero attached hydrogens (tertiary/aromatic N) is 1. The Bertz CT molecular complexity index is 914. The SMILES string of the molecule is Cc1sc2nc(CS[C@H](C)C(=O)NCCC3=CCCCC3)[nH]c(=O)c2c1C. The number of carbonyl (C=O) groups is 1. The molecule has 5 nitrogen and oxygen atoms in total. The molecular formula is C20H27N3O2S2. The van der Waals surface area contributed by atoms with Crippen molar-refractivity contribution in [3.05, 3.63) is 38.3 Å². The van der Waals surface area contributed by atoms with Gasteiger partial charge >= 0.3 is 0 Å². The van der Waals surface area contributed by atoms with Gasteiger partial charge in [0.05, 0.1) is 16.4 Å². The molecule has 146 valence electrons. The number of hydrogen-bond donors (Lipinski definition) is 2. The molecule has 3 rings (SSSR count). The van der Waals surface area contributed by atoms with E-state index in [0.717, 1.165) is 21.7 Å². The number of thiophene rings is 1. The lowest BCUT2D eigenvalue weighted by atomic mass is 9.97. The maximum Gasteiger partial charge on any atom is 0.259 e. The van der Waals surface area contributed by atoms with Crippen molar-refractivity contribution in [2.75, 3.05) is 6.54 Å². The lowest BCUT2D eigenvalue weighted by Crippen LogP contribution is -2.32. The molecule has 0 saturated carbocycles. The fourth-order valence-electron chi connectivity index (χ4n) is 3.27. The number of H-pyrrole nitrogens is 1. The van der Waals surface area contributed by atoms with Crippen LogP contribution < -0.4 is 10.9 Å². The molecule has 0 fully saturated rings. The molecule has 0 aliphatic heterocycles. The number of aryl methyl sites for hydroxylation is 2. The van der Waals surface area contributed by atoms with E-state index in [1.165, 1.54) is 43.0 Å². The van der Waals surface area contributed by atoms with Crippen molar-refractivity contribution in [2.24, 2.45) is 0 Å². The fraction of sp³-hybridized carbons (Fsp3) is 0.550. The number of carbonyl (C=O) groups excluding carboxylic acids is 1. The Labute approximate surface area is 168 Å². The van der Waals surface area contributed by atoms with Crippen LogP contribution in [-0.2, 0) is 10.5 Å². The average molecular weight is 406 g/mol. The maximum atomic E-state index is 12.3. The molecule has 1 aliphatic rings. The van der Waals surface area contributed by atoms with Gasteiger partial charge in [0.15, 0.2) is 0 Å². The molecule has 0 bridgehead atoms. The number of aromatic nitrogens is 2. The zero-order valence-electron chi connectivity index (χ0n) is 16.2. The van der Waals surface area contributed by atoms with Crippen LogP contribution in [0.2, 0.25) is 0 Å². The van der Waals surface area contributed by atoms with Crippen LogP contribution in [0.1, 0.15) is 55.3 Å². The lowest BCUT2D eigenvalue weighted by molar-refractivity contribution is -0.120. The number of nitrogens with one attached hydrogen (secondary N) is 2. The fourth-order valence-corrected chi connectivity index (χ4v) is 5.10. The van der Waals surface area contributed by atoms with E-state index in [0.29, 0.717) is 23.5 Å². The van der Waals surface area contributed by atoms with Crippen LogP contribution in [0.3, 0.4) is 0 Å². The van der Waals surface area contributed by atoms with Gasteiger partial charge in [-0.25, -0.2) is 4.98 Å². The molecule has 2 heterocycles. The van der Waals surface area contributed by atoms with Crippen LogP contribution in [0, 0.1) is 13.8 Å². The third-order valence-electron chi connectivity index (χ3n) is 5.06. The minimum atomic E-state index is -0.182. The second kappa shape index (κ2) is 9.06. The van der Waals surface area contributed by atoms with Crippen LogP contribution in [-0.4, -0.2) is 27.7 Å². The number of aromatic amines is 1. The van der Waals surface area contributed by atoms with Crippen molar-refractivity contribution in [2.45, 2.75) is 63.9 Å². The molecule has 1 amide bonds. The van der Waals surface area contributed by atoms with Crippen molar-refractivity contribution in [3.63, 3.8) is 0 Å². The van der Waals surface area contributed by atoms with Crippen LogP contribution in [0.4, 0.5) is 0 Å². The summed E-state index contributed by atoms with van der Waals surface area (Å²) in [5.74, 6) is 1.19. The standard InChI is InChI=1S/C20H27N3O2S2/c1-12-13(2)27-20-17(12)19(25)22-16(23-20)11-26-14(3)18(24)21-10-9-15-7-5-4-6-8-15/h7,14H,4-6,8-11H2,1-3H3,(H,21,24)(H,22,23,25)/t14-/m1/s1. The Hall–Kier alpha value is -1.60. The van der Waals surface area contributed by atoms with E-state index < -0.39 is 0 Å². The predicted octanol–water partition coefficient (Wildman–Crippen LogP) is 4.23. The molecule has 0 radical (unpaired) electrons. The van der Waals surface area contributed by atoms with E-state index in [2.05, 4.69) is 21.4 Å². The summed E-state index contributed by atoms with van der Waals surface area (Å²) >= 11 is 3.04. The molecule has 0 saturated heterocycles. The highest BCUT2D eigenvalue weighted by Crippen LogP contribution is 2.26. The smallest absolute Gasteiger partial charge is 0.259 e. The monoisotopic (exact) mass is 405 g/mol. The molecule has 2 N–H and O–H groups in total. The molecule has 0 aromatic carbocycles. The first-order valence-corrected chi connectivity index (χ1v) is 11.4. The Morgan fingerprint density at radius 3 is 2.96 bits per heavy atom. The van der Waals surface area contributed by atoms with E-state index in [9.17, 15) is 9.59 Å². The summed E-state index contributed by atoms with van der Waals surface area (Å²) in [5, 5.41) is 3.53. The largest absolute Gasteiger partial charge is 0.355 e. The average Bonchev–Trinajstić information content (AvgIpc) is 2.94. The maximum absolute atomic E-state index is 12.3. The highest BCUT2D eigenvalue weighted by atomic mass is 32.2. The number of allylic oxidation sites excluding steroid dienone is 1. The van der Waals surface area contributed by atoms with E-state index >= 15 is 0 Å². The number of amides is 1. The van der Waals surface area contributed by atoms with Gasteiger partial charge in [-0.05, 0) is 58.4 Å². The van der Waals surface area contributed by atoms with E-state index in [1.54, 1.807) is 11.3 Å². The topological polar surface area (TPSA) is 74.8 Å². The summed E-state index contributed by atoms with van der Waals surface area (Å²) in [6.45, 7) is 6.56. The van der Waals surface area contributed by atoms with Crippen LogP contribution in [0.5, 0.6) is 0 Å². The van der Waals surface area contributed by atoms with Crippen molar-refractivity contribution >= 4 is 39.2 Å². The molecule has 27 heavy (non-hydrogen) atoms. The van der Waals surface area contributed by atoms with E-state index in [1.807, 2.05) is 20.8 Å². The second-order valence-corrected chi connectivity index (χ2v) is 9.61. The van der Waals surface area contributed by atoms with E-state index in [4.69, 9.17) is 0 Å². The summed E-state index contributed by atoms with van der Waals surface area (Å²) in [4.78, 5) is 34.0. The van der Waals surface area contributed by atoms with Gasteiger partial charge < -0.3 is 10.3 Å². The van der Waals surface area contributed by atoms with Crippen molar-refractivity contribution in [3.8, 4) is 0 Å². The highest BCUT2D eigenvalue weighted by Gasteiger charge is 2.16. The first-order chi connectivity index (χ1) is 13.0. The zero-order valence-corrected chi connectivity index (χ0v) is 17.8. The first kappa shape index (κ1) is 20.1. The Kier molecular flexibility index (Phi) is 6.76. The Morgan fingerprint density at radius 1 is 1.41 bits per heavy atom. The summed E-state index contributed by atoms with van der Waals surface area (Å²) in [7, 11) is 0. The molecular weight excluding hydrogens is 378 g/mol.